The number of amides is 1. The Labute approximate surface area is 244 Å². The van der Waals surface area contributed by atoms with Gasteiger partial charge in [-0.25, -0.2) is 0 Å². The van der Waals surface area contributed by atoms with Gasteiger partial charge in [-0.3, -0.25) is 4.79 Å². The molecule has 0 bridgehead atoms. The molecule has 0 aromatic heterocycles. The predicted octanol–water partition coefficient (Wildman–Crippen LogP) is 10.2. The van der Waals surface area contributed by atoms with Crippen LogP contribution in [-0.2, 0) is 4.79 Å². The van der Waals surface area contributed by atoms with E-state index in [1.165, 1.54) is 148 Å². The molecule has 39 heavy (non-hydrogen) atoms. The molecule has 1 amide bonds. The zero-order valence-electron chi connectivity index (χ0n) is 26.7. The normalized spacial score (nSPS) is 13.0. The summed E-state index contributed by atoms with van der Waals surface area (Å²) in [7, 11) is 0. The number of nitrogens with one attached hydrogen (secondary N) is 1. The lowest BCUT2D eigenvalue weighted by atomic mass is 10.0. The van der Waals surface area contributed by atoms with E-state index in [0.29, 0.717) is 12.8 Å². The van der Waals surface area contributed by atoms with Gasteiger partial charge in [0, 0.05) is 6.42 Å². The molecular formula is C35H71NO3. The minimum absolute atomic E-state index is 0.0304. The highest BCUT2D eigenvalue weighted by molar-refractivity contribution is 5.76. The predicted molar refractivity (Wildman–Crippen MR) is 170 cm³/mol. The van der Waals surface area contributed by atoms with E-state index in [4.69, 9.17) is 0 Å². The molecule has 4 nitrogen and oxygen atoms in total. The van der Waals surface area contributed by atoms with E-state index >= 15 is 0 Å². The van der Waals surface area contributed by atoms with Crippen molar-refractivity contribution >= 4 is 5.91 Å². The van der Waals surface area contributed by atoms with E-state index in [2.05, 4.69) is 19.2 Å². The van der Waals surface area contributed by atoms with Crippen LogP contribution in [0.4, 0.5) is 0 Å². The number of aliphatic hydroxyl groups is 2. The first-order chi connectivity index (χ1) is 19.2. The van der Waals surface area contributed by atoms with E-state index in [1.807, 2.05) is 0 Å². The lowest BCUT2D eigenvalue weighted by Crippen LogP contribution is -2.45. The molecule has 0 saturated carbocycles. The molecule has 0 aromatic carbocycles. The smallest absolute Gasteiger partial charge is 0.220 e. The number of aliphatic hydroxyl groups excluding tert-OH is 2. The van der Waals surface area contributed by atoms with Gasteiger partial charge in [0.05, 0.1) is 18.8 Å². The minimum Gasteiger partial charge on any atom is -0.394 e. The van der Waals surface area contributed by atoms with E-state index in [1.54, 1.807) is 0 Å². The van der Waals surface area contributed by atoms with Crippen molar-refractivity contribution in [1.82, 2.24) is 5.32 Å². The average molecular weight is 554 g/mol. The molecular weight excluding hydrogens is 482 g/mol. The molecule has 0 saturated heterocycles. The van der Waals surface area contributed by atoms with Gasteiger partial charge in [0.1, 0.15) is 0 Å². The summed E-state index contributed by atoms with van der Waals surface area (Å²) in [5, 5.41) is 22.9. The van der Waals surface area contributed by atoms with Crippen LogP contribution in [0.1, 0.15) is 200 Å². The number of hydrogen-bond acceptors (Lipinski definition) is 3. The van der Waals surface area contributed by atoms with Crippen LogP contribution in [-0.4, -0.2) is 34.9 Å². The SMILES string of the molecule is CCCCCCCCCCCCCCCCCCCC(=O)NC(CO)C(O)CCCCCCCCCCCC. The quantitative estimate of drug-likeness (QED) is 0.0726. The van der Waals surface area contributed by atoms with Crippen molar-refractivity contribution in [3.63, 3.8) is 0 Å². The third-order valence-corrected chi connectivity index (χ3v) is 8.37. The Kier molecular flexibility index (Phi) is 31.4. The molecule has 234 valence electrons. The molecule has 4 heteroatoms. The van der Waals surface area contributed by atoms with Crippen molar-refractivity contribution in [2.75, 3.05) is 6.61 Å². The van der Waals surface area contributed by atoms with Gasteiger partial charge in [0.15, 0.2) is 0 Å². The molecule has 0 aromatic rings. The Bertz CT molecular complexity index is 485. The van der Waals surface area contributed by atoms with Crippen LogP contribution in [0.5, 0.6) is 0 Å². The van der Waals surface area contributed by atoms with Gasteiger partial charge in [-0.1, -0.05) is 181 Å². The Morgan fingerprint density at radius 2 is 0.821 bits per heavy atom. The summed E-state index contributed by atoms with van der Waals surface area (Å²) in [6, 6.07) is -0.526. The Morgan fingerprint density at radius 3 is 1.15 bits per heavy atom. The summed E-state index contributed by atoms with van der Waals surface area (Å²) in [6.45, 7) is 4.34. The van der Waals surface area contributed by atoms with Crippen LogP contribution in [0, 0.1) is 0 Å². The summed E-state index contributed by atoms with van der Waals surface area (Å²) in [5.41, 5.74) is 0. The molecule has 2 unspecified atom stereocenters. The minimum atomic E-state index is -0.649. The largest absolute Gasteiger partial charge is 0.394 e. The zero-order valence-corrected chi connectivity index (χ0v) is 26.7. The first kappa shape index (κ1) is 38.4. The fourth-order valence-electron chi connectivity index (χ4n) is 5.59. The molecule has 0 aliphatic carbocycles. The summed E-state index contributed by atoms with van der Waals surface area (Å²) in [4.78, 5) is 12.3. The summed E-state index contributed by atoms with van der Waals surface area (Å²) >= 11 is 0. The molecule has 0 heterocycles. The van der Waals surface area contributed by atoms with Gasteiger partial charge in [-0.2, -0.15) is 0 Å². The van der Waals surface area contributed by atoms with Crippen LogP contribution in [0.3, 0.4) is 0 Å². The van der Waals surface area contributed by atoms with Crippen LogP contribution >= 0.6 is 0 Å². The number of rotatable bonds is 32. The molecule has 0 radical (unpaired) electrons. The fraction of sp³-hybridized carbons (Fsp3) is 0.971. The molecule has 0 rings (SSSR count). The van der Waals surface area contributed by atoms with Gasteiger partial charge >= 0.3 is 0 Å². The highest BCUT2D eigenvalue weighted by Crippen LogP contribution is 2.15. The van der Waals surface area contributed by atoms with E-state index in [0.717, 1.165) is 25.7 Å². The standard InChI is InChI=1S/C35H71NO3/c1-3-5-7-9-11-13-15-16-17-18-19-20-21-23-25-27-29-31-35(39)36-33(32-37)34(38)30-28-26-24-22-14-12-10-8-6-4-2/h33-34,37-38H,3-32H2,1-2H3,(H,36,39). The summed E-state index contributed by atoms with van der Waals surface area (Å²) in [6.07, 6.45) is 35.8. The maximum atomic E-state index is 12.3. The second kappa shape index (κ2) is 31.9. The van der Waals surface area contributed by atoms with Crippen LogP contribution < -0.4 is 5.32 Å². The third kappa shape index (κ3) is 28.7. The lowest BCUT2D eigenvalue weighted by molar-refractivity contribution is -0.123. The van der Waals surface area contributed by atoms with Gasteiger partial charge in [-0.05, 0) is 12.8 Å². The number of hydrogen-bond donors (Lipinski definition) is 3. The zero-order chi connectivity index (χ0) is 28.7. The Hall–Kier alpha value is -0.610. The molecule has 0 aliphatic rings. The fourth-order valence-corrected chi connectivity index (χ4v) is 5.59. The van der Waals surface area contributed by atoms with Gasteiger partial charge in [0.2, 0.25) is 5.91 Å². The van der Waals surface area contributed by atoms with E-state index in [9.17, 15) is 15.0 Å². The highest BCUT2D eigenvalue weighted by Gasteiger charge is 2.19. The maximum Gasteiger partial charge on any atom is 0.220 e. The van der Waals surface area contributed by atoms with Crippen molar-refractivity contribution in [2.45, 2.75) is 212 Å². The van der Waals surface area contributed by atoms with Crippen molar-refractivity contribution in [2.24, 2.45) is 0 Å². The molecule has 0 spiro atoms. The Morgan fingerprint density at radius 1 is 0.513 bits per heavy atom. The van der Waals surface area contributed by atoms with Crippen LogP contribution in [0.2, 0.25) is 0 Å². The van der Waals surface area contributed by atoms with Crippen molar-refractivity contribution < 1.29 is 15.0 Å². The second-order valence-corrected chi connectivity index (χ2v) is 12.3. The monoisotopic (exact) mass is 554 g/mol. The summed E-state index contributed by atoms with van der Waals surface area (Å²) in [5.74, 6) is -0.0304. The highest BCUT2D eigenvalue weighted by atomic mass is 16.3. The van der Waals surface area contributed by atoms with Gasteiger partial charge < -0.3 is 15.5 Å². The number of carbonyl (C=O) groups excluding carboxylic acids is 1. The van der Waals surface area contributed by atoms with E-state index < -0.39 is 12.1 Å². The molecule has 3 N–H and O–H groups in total. The van der Waals surface area contributed by atoms with Gasteiger partial charge in [0.25, 0.3) is 0 Å². The van der Waals surface area contributed by atoms with Crippen LogP contribution in [0.15, 0.2) is 0 Å². The first-order valence-electron chi connectivity index (χ1n) is 17.7. The topological polar surface area (TPSA) is 69.6 Å². The lowest BCUT2D eigenvalue weighted by Gasteiger charge is -2.22. The molecule has 2 atom stereocenters. The van der Waals surface area contributed by atoms with Crippen molar-refractivity contribution in [3.8, 4) is 0 Å². The summed E-state index contributed by atoms with van der Waals surface area (Å²) < 4.78 is 0. The molecule has 0 fully saturated rings. The third-order valence-electron chi connectivity index (χ3n) is 8.37. The van der Waals surface area contributed by atoms with Gasteiger partial charge in [-0.15, -0.1) is 0 Å². The van der Waals surface area contributed by atoms with E-state index in [-0.39, 0.29) is 12.5 Å². The first-order valence-corrected chi connectivity index (χ1v) is 17.7. The number of carbonyl (C=O) groups is 1. The molecule has 0 aliphatic heterocycles. The maximum absolute atomic E-state index is 12.3. The second-order valence-electron chi connectivity index (χ2n) is 12.3. The number of unbranched alkanes of at least 4 members (excludes halogenated alkanes) is 25. The van der Waals surface area contributed by atoms with Crippen molar-refractivity contribution in [1.29, 1.82) is 0 Å². The van der Waals surface area contributed by atoms with Crippen molar-refractivity contribution in [3.05, 3.63) is 0 Å². The van der Waals surface area contributed by atoms with Crippen LogP contribution in [0.25, 0.3) is 0 Å². The Balaban J connectivity index is 3.50. The average Bonchev–Trinajstić information content (AvgIpc) is 2.94.